The minimum Gasteiger partial charge on any atom is -0.462 e. The van der Waals surface area contributed by atoms with Gasteiger partial charge in [0.2, 0.25) is 0 Å². The molecule has 1 rings (SSSR count). The Kier molecular flexibility index (Phi) is 31.3. The van der Waals surface area contributed by atoms with E-state index < -0.39 is 71.2 Å². The van der Waals surface area contributed by atoms with Gasteiger partial charge in [-0.05, 0) is 44.9 Å². The van der Waals surface area contributed by atoms with Crippen molar-refractivity contribution in [1.82, 2.24) is 0 Å². The second-order valence-electron chi connectivity index (χ2n) is 15.0. The number of unbranched alkanes of at least 4 members (excludes halogenated alkanes) is 17. The first-order chi connectivity index (χ1) is 27.0. The third-order valence-corrected chi connectivity index (χ3v) is 10.5. The van der Waals surface area contributed by atoms with Crippen molar-refractivity contribution in [1.29, 1.82) is 0 Å². The molecule has 4 N–H and O–H groups in total. The van der Waals surface area contributed by atoms with Gasteiger partial charge in [-0.25, -0.2) is 0 Å². The lowest BCUT2D eigenvalue weighted by Gasteiger charge is -2.40. The summed E-state index contributed by atoms with van der Waals surface area (Å²) in [6.07, 6.45) is 27.6. The Morgan fingerprint density at radius 1 is 0.625 bits per heavy atom. The van der Waals surface area contributed by atoms with Gasteiger partial charge >= 0.3 is 11.9 Å². The zero-order valence-corrected chi connectivity index (χ0v) is 35.3. The van der Waals surface area contributed by atoms with Gasteiger partial charge in [-0.15, -0.1) is 0 Å². The summed E-state index contributed by atoms with van der Waals surface area (Å²) in [6.45, 7) is 3.62. The summed E-state index contributed by atoms with van der Waals surface area (Å²) in [5.74, 6) is -2.00. The van der Waals surface area contributed by atoms with E-state index in [2.05, 4.69) is 50.3 Å². The van der Waals surface area contributed by atoms with E-state index in [-0.39, 0.29) is 19.4 Å². The van der Waals surface area contributed by atoms with E-state index >= 15 is 0 Å². The standard InChI is InChI=1S/C43H76O12S/c1-3-5-7-9-11-13-15-17-18-20-22-24-26-28-30-32-39(45)54-36(34-53-43-42(48)41(47)40(46)37(55-43)35-56(49,50)51)33-52-38(44)31-29-27-25-23-21-19-16-14-12-10-8-6-4-2/h5,7,11,13,17-18,36-37,40-43,46-48H,3-4,6,8-10,12,14-16,19-35H2,1-2H3,(H,49,50,51)/b7-5-,13-11-,18-17-/t36?,37-,40-,41+,42-,43+/m1/s1. The quantitative estimate of drug-likeness (QED) is 0.0208. The molecule has 0 amide bonds. The molecule has 6 atom stereocenters. The number of rotatable bonds is 35. The van der Waals surface area contributed by atoms with Crippen LogP contribution in [0.2, 0.25) is 0 Å². The van der Waals surface area contributed by atoms with E-state index in [1.54, 1.807) is 0 Å². The fourth-order valence-electron chi connectivity index (χ4n) is 6.40. The van der Waals surface area contributed by atoms with Crippen LogP contribution in [-0.2, 0) is 38.7 Å². The molecule has 326 valence electrons. The van der Waals surface area contributed by atoms with Crippen molar-refractivity contribution in [3.05, 3.63) is 36.5 Å². The van der Waals surface area contributed by atoms with Crippen LogP contribution in [0, 0.1) is 0 Å². The number of aliphatic hydroxyl groups is 3. The van der Waals surface area contributed by atoms with Crippen molar-refractivity contribution in [3.8, 4) is 0 Å². The zero-order valence-electron chi connectivity index (χ0n) is 34.5. The molecule has 0 aromatic rings. The highest BCUT2D eigenvalue weighted by Crippen LogP contribution is 2.24. The lowest BCUT2D eigenvalue weighted by molar-refractivity contribution is -0.297. The van der Waals surface area contributed by atoms with Crippen LogP contribution >= 0.6 is 0 Å². The summed E-state index contributed by atoms with van der Waals surface area (Å²) in [5.41, 5.74) is 0. The molecule has 1 unspecified atom stereocenters. The molecule has 0 aromatic heterocycles. The van der Waals surface area contributed by atoms with Gasteiger partial charge in [-0.2, -0.15) is 8.42 Å². The lowest BCUT2D eigenvalue weighted by Crippen LogP contribution is -2.60. The largest absolute Gasteiger partial charge is 0.462 e. The molecule has 13 heteroatoms. The van der Waals surface area contributed by atoms with Crippen LogP contribution in [-0.4, -0.2) is 96.0 Å². The molecule has 1 aliphatic rings. The summed E-state index contributed by atoms with van der Waals surface area (Å²) in [6, 6.07) is 0. The van der Waals surface area contributed by atoms with Gasteiger partial charge < -0.3 is 34.3 Å². The molecule has 1 aliphatic heterocycles. The predicted molar refractivity (Wildman–Crippen MR) is 219 cm³/mol. The monoisotopic (exact) mass is 817 g/mol. The number of carbonyl (C=O) groups excluding carboxylic acids is 2. The Bertz CT molecular complexity index is 1190. The molecule has 1 heterocycles. The molecule has 1 fully saturated rings. The highest BCUT2D eigenvalue weighted by molar-refractivity contribution is 7.85. The molecule has 0 spiro atoms. The van der Waals surface area contributed by atoms with Crippen molar-refractivity contribution >= 4 is 22.1 Å². The number of carbonyl (C=O) groups is 2. The molecular weight excluding hydrogens is 741 g/mol. The van der Waals surface area contributed by atoms with Gasteiger partial charge in [0, 0.05) is 12.8 Å². The van der Waals surface area contributed by atoms with Crippen LogP contribution in [0.3, 0.4) is 0 Å². The molecule has 0 bridgehead atoms. The first-order valence-corrected chi connectivity index (χ1v) is 23.2. The Morgan fingerprint density at radius 2 is 1.12 bits per heavy atom. The molecule has 56 heavy (non-hydrogen) atoms. The van der Waals surface area contributed by atoms with Crippen LogP contribution in [0.5, 0.6) is 0 Å². The highest BCUT2D eigenvalue weighted by Gasteiger charge is 2.46. The van der Waals surface area contributed by atoms with E-state index in [4.69, 9.17) is 18.9 Å². The summed E-state index contributed by atoms with van der Waals surface area (Å²) in [5, 5.41) is 30.8. The van der Waals surface area contributed by atoms with Crippen LogP contribution < -0.4 is 0 Å². The predicted octanol–water partition coefficient (Wildman–Crippen LogP) is 8.22. The summed E-state index contributed by atoms with van der Waals surface area (Å²) >= 11 is 0. The van der Waals surface area contributed by atoms with Crippen molar-refractivity contribution in [3.63, 3.8) is 0 Å². The number of aliphatic hydroxyl groups excluding tert-OH is 3. The normalized spacial score (nSPS) is 21.0. The van der Waals surface area contributed by atoms with Gasteiger partial charge in [0.15, 0.2) is 12.4 Å². The van der Waals surface area contributed by atoms with Gasteiger partial charge in [0.05, 0.1) is 6.61 Å². The molecule has 1 saturated heterocycles. The van der Waals surface area contributed by atoms with Gasteiger partial charge in [0.25, 0.3) is 10.1 Å². The molecule has 0 saturated carbocycles. The zero-order chi connectivity index (χ0) is 41.3. The Morgan fingerprint density at radius 3 is 1.68 bits per heavy atom. The van der Waals surface area contributed by atoms with E-state index in [0.717, 1.165) is 70.6 Å². The Labute approximate surface area is 338 Å². The van der Waals surface area contributed by atoms with Crippen LogP contribution in [0.15, 0.2) is 36.5 Å². The van der Waals surface area contributed by atoms with E-state index in [0.29, 0.717) is 12.8 Å². The van der Waals surface area contributed by atoms with Crippen molar-refractivity contribution < 1.29 is 56.8 Å². The fraction of sp³-hybridized carbons (Fsp3) is 0.814. The number of hydrogen-bond acceptors (Lipinski definition) is 11. The minimum absolute atomic E-state index is 0.146. The SMILES string of the molecule is CC/C=C\C/C=C\C/C=C\CCCCCCCC(=O)OC(COC(=O)CCCCCCCCCCCCCCC)CO[C@H]1O[C@H](CS(=O)(=O)O)[C@@H](O)[C@H](O)[C@H]1O. The maximum absolute atomic E-state index is 12.8. The lowest BCUT2D eigenvalue weighted by atomic mass is 10.00. The van der Waals surface area contributed by atoms with Crippen LogP contribution in [0.25, 0.3) is 0 Å². The van der Waals surface area contributed by atoms with Gasteiger partial charge in [-0.3, -0.25) is 14.1 Å². The number of esters is 2. The average Bonchev–Trinajstić information content (AvgIpc) is 3.16. The van der Waals surface area contributed by atoms with Crippen LogP contribution in [0.1, 0.15) is 168 Å². The Balaban J connectivity index is 2.49. The summed E-state index contributed by atoms with van der Waals surface area (Å²) in [7, 11) is -4.60. The molecule has 0 aliphatic carbocycles. The van der Waals surface area contributed by atoms with E-state index in [9.17, 15) is 37.9 Å². The van der Waals surface area contributed by atoms with Crippen molar-refractivity contribution in [2.75, 3.05) is 19.0 Å². The Hall–Kier alpha value is -2.13. The number of allylic oxidation sites excluding steroid dienone is 6. The van der Waals surface area contributed by atoms with Gasteiger partial charge in [0.1, 0.15) is 36.8 Å². The topological polar surface area (TPSA) is 186 Å². The van der Waals surface area contributed by atoms with Crippen molar-refractivity contribution in [2.45, 2.75) is 205 Å². The number of ether oxygens (including phenoxy) is 4. The second-order valence-corrected chi connectivity index (χ2v) is 16.5. The first kappa shape index (κ1) is 51.9. The molecular formula is C43H76O12S. The molecule has 0 radical (unpaired) electrons. The van der Waals surface area contributed by atoms with E-state index in [1.165, 1.54) is 57.8 Å². The highest BCUT2D eigenvalue weighted by atomic mass is 32.2. The molecule has 12 nitrogen and oxygen atoms in total. The molecule has 0 aromatic carbocycles. The average molecular weight is 817 g/mol. The fourth-order valence-corrected chi connectivity index (χ4v) is 7.09. The summed E-state index contributed by atoms with van der Waals surface area (Å²) < 4.78 is 54.0. The third-order valence-electron chi connectivity index (χ3n) is 9.73. The second kappa shape index (κ2) is 33.8. The maximum atomic E-state index is 12.8. The third kappa shape index (κ3) is 28.3. The van der Waals surface area contributed by atoms with Crippen molar-refractivity contribution in [2.24, 2.45) is 0 Å². The van der Waals surface area contributed by atoms with E-state index in [1.807, 2.05) is 0 Å². The van der Waals surface area contributed by atoms with Gasteiger partial charge in [-0.1, -0.05) is 147 Å². The first-order valence-electron chi connectivity index (χ1n) is 21.5. The van der Waals surface area contributed by atoms with Crippen LogP contribution in [0.4, 0.5) is 0 Å². The number of hydrogen-bond donors (Lipinski definition) is 4. The maximum Gasteiger partial charge on any atom is 0.306 e. The minimum atomic E-state index is -4.60. The summed E-state index contributed by atoms with van der Waals surface area (Å²) in [4.78, 5) is 25.3. The smallest absolute Gasteiger partial charge is 0.306 e.